The number of nitrogens with one attached hydrogen (secondary N) is 1. The lowest BCUT2D eigenvalue weighted by Crippen LogP contribution is -2.12. The smallest absolute Gasteiger partial charge is 0.261 e. The molecule has 0 amide bonds. The van der Waals surface area contributed by atoms with Crippen LogP contribution >= 0.6 is 0 Å². The highest BCUT2D eigenvalue weighted by atomic mass is 32.2. The molecule has 0 atom stereocenters. The van der Waals surface area contributed by atoms with Crippen molar-refractivity contribution >= 4 is 15.7 Å². The van der Waals surface area contributed by atoms with Crippen LogP contribution in [-0.2, 0) is 10.0 Å². The second kappa shape index (κ2) is 5.65. The van der Waals surface area contributed by atoms with Gasteiger partial charge in [-0.05, 0) is 43.3 Å². The molecular formula is C16H15N3O2S. The van der Waals surface area contributed by atoms with Gasteiger partial charge in [0.25, 0.3) is 10.0 Å². The molecule has 0 aliphatic carbocycles. The molecule has 112 valence electrons. The van der Waals surface area contributed by atoms with Crippen molar-refractivity contribution in [2.75, 3.05) is 4.72 Å². The van der Waals surface area contributed by atoms with Gasteiger partial charge >= 0.3 is 0 Å². The maximum atomic E-state index is 12.3. The Hall–Kier alpha value is -2.60. The lowest BCUT2D eigenvalue weighted by Gasteiger charge is -2.09. The average Bonchev–Trinajstić information content (AvgIpc) is 3.02. The molecule has 2 aromatic carbocycles. The predicted molar refractivity (Wildman–Crippen MR) is 85.6 cm³/mol. The van der Waals surface area contributed by atoms with Gasteiger partial charge in [0.05, 0.1) is 11.2 Å². The standard InChI is InChI=1S/C16H15N3O2S/c1-13-2-8-16(9-3-13)22(20,21)18-14-4-6-15(7-5-14)19-11-10-17-12-19/h2-12,18H,1H3. The van der Waals surface area contributed by atoms with Crippen molar-refractivity contribution in [3.63, 3.8) is 0 Å². The molecule has 0 saturated carbocycles. The summed E-state index contributed by atoms with van der Waals surface area (Å²) >= 11 is 0. The molecule has 1 aromatic heterocycles. The second-order valence-electron chi connectivity index (χ2n) is 4.94. The zero-order valence-corrected chi connectivity index (χ0v) is 12.8. The lowest BCUT2D eigenvalue weighted by atomic mass is 10.2. The monoisotopic (exact) mass is 313 g/mol. The topological polar surface area (TPSA) is 64.0 Å². The highest BCUT2D eigenvalue weighted by molar-refractivity contribution is 7.92. The number of sulfonamides is 1. The molecule has 1 N–H and O–H groups in total. The molecule has 6 heteroatoms. The summed E-state index contributed by atoms with van der Waals surface area (Å²) in [6.45, 7) is 1.92. The van der Waals surface area contributed by atoms with Crippen molar-refractivity contribution < 1.29 is 8.42 Å². The maximum absolute atomic E-state index is 12.3. The maximum Gasteiger partial charge on any atom is 0.261 e. The highest BCUT2D eigenvalue weighted by Crippen LogP contribution is 2.18. The third-order valence-corrected chi connectivity index (χ3v) is 4.65. The van der Waals surface area contributed by atoms with Crippen molar-refractivity contribution in [2.45, 2.75) is 11.8 Å². The number of anilines is 1. The summed E-state index contributed by atoms with van der Waals surface area (Å²) in [5.74, 6) is 0. The van der Waals surface area contributed by atoms with Crippen LogP contribution in [0.25, 0.3) is 5.69 Å². The first kappa shape index (κ1) is 14.3. The average molecular weight is 313 g/mol. The van der Waals surface area contributed by atoms with Crippen molar-refractivity contribution in [1.29, 1.82) is 0 Å². The van der Waals surface area contributed by atoms with Gasteiger partial charge in [0.15, 0.2) is 0 Å². The Bertz CT molecular complexity index is 853. The molecule has 3 rings (SSSR count). The fraction of sp³-hybridized carbons (Fsp3) is 0.0625. The molecule has 0 aliphatic heterocycles. The minimum absolute atomic E-state index is 0.247. The van der Waals surface area contributed by atoms with E-state index in [1.165, 1.54) is 0 Å². The Morgan fingerprint density at radius 1 is 1.00 bits per heavy atom. The highest BCUT2D eigenvalue weighted by Gasteiger charge is 2.13. The first-order valence-electron chi connectivity index (χ1n) is 6.72. The van der Waals surface area contributed by atoms with Crippen molar-refractivity contribution in [3.8, 4) is 5.69 Å². The van der Waals surface area contributed by atoms with Crippen molar-refractivity contribution in [2.24, 2.45) is 0 Å². The summed E-state index contributed by atoms with van der Waals surface area (Å²) < 4.78 is 29.0. The normalized spacial score (nSPS) is 11.3. The Morgan fingerprint density at radius 2 is 1.68 bits per heavy atom. The van der Waals surface area contributed by atoms with Gasteiger partial charge in [0.1, 0.15) is 0 Å². The van der Waals surface area contributed by atoms with E-state index in [1.54, 1.807) is 48.9 Å². The van der Waals surface area contributed by atoms with Gasteiger partial charge in [-0.3, -0.25) is 4.72 Å². The quantitative estimate of drug-likeness (QED) is 0.805. The van der Waals surface area contributed by atoms with E-state index in [9.17, 15) is 8.42 Å². The second-order valence-corrected chi connectivity index (χ2v) is 6.62. The molecular weight excluding hydrogens is 298 g/mol. The molecule has 0 unspecified atom stereocenters. The Kier molecular flexibility index (Phi) is 3.68. The first-order chi connectivity index (χ1) is 10.5. The minimum Gasteiger partial charge on any atom is -0.306 e. The van der Waals surface area contributed by atoms with Gasteiger partial charge in [0, 0.05) is 23.8 Å². The SMILES string of the molecule is Cc1ccc(S(=O)(=O)Nc2ccc(-n3ccnc3)cc2)cc1. The summed E-state index contributed by atoms with van der Waals surface area (Å²) in [5, 5.41) is 0. The van der Waals surface area contributed by atoms with Gasteiger partial charge < -0.3 is 4.57 Å². The van der Waals surface area contributed by atoms with Crippen LogP contribution in [-0.4, -0.2) is 18.0 Å². The zero-order chi connectivity index (χ0) is 15.6. The van der Waals surface area contributed by atoms with Crippen LogP contribution in [0.5, 0.6) is 0 Å². The fourth-order valence-corrected chi connectivity index (χ4v) is 3.10. The number of nitrogens with zero attached hydrogens (tertiary/aromatic N) is 2. The molecule has 5 nitrogen and oxygen atoms in total. The fourth-order valence-electron chi connectivity index (χ4n) is 2.04. The van der Waals surface area contributed by atoms with Gasteiger partial charge in [-0.1, -0.05) is 17.7 Å². The van der Waals surface area contributed by atoms with Gasteiger partial charge in [0.2, 0.25) is 0 Å². The van der Waals surface area contributed by atoms with Crippen LogP contribution < -0.4 is 4.72 Å². The number of hydrogen-bond donors (Lipinski definition) is 1. The number of rotatable bonds is 4. The van der Waals surface area contributed by atoms with Gasteiger partial charge in [-0.2, -0.15) is 0 Å². The van der Waals surface area contributed by atoms with E-state index in [4.69, 9.17) is 0 Å². The zero-order valence-electron chi connectivity index (χ0n) is 12.0. The third kappa shape index (κ3) is 3.01. The van der Waals surface area contributed by atoms with Gasteiger partial charge in [-0.15, -0.1) is 0 Å². The Morgan fingerprint density at radius 3 is 2.27 bits per heavy atom. The molecule has 0 radical (unpaired) electrons. The summed E-state index contributed by atoms with van der Waals surface area (Å²) in [6.07, 6.45) is 5.20. The van der Waals surface area contributed by atoms with E-state index in [0.717, 1.165) is 11.3 Å². The number of aryl methyl sites for hydroxylation is 1. The summed E-state index contributed by atoms with van der Waals surface area (Å²) in [5.41, 5.74) is 2.45. The van der Waals surface area contributed by atoms with Crippen LogP contribution in [0.2, 0.25) is 0 Å². The molecule has 3 aromatic rings. The van der Waals surface area contributed by atoms with Crippen molar-refractivity contribution in [3.05, 3.63) is 72.8 Å². The molecule has 0 bridgehead atoms. The van der Waals surface area contributed by atoms with Crippen LogP contribution in [0.4, 0.5) is 5.69 Å². The van der Waals surface area contributed by atoms with E-state index in [1.807, 2.05) is 29.8 Å². The summed E-state index contributed by atoms with van der Waals surface area (Å²) in [7, 11) is -3.57. The van der Waals surface area contributed by atoms with Gasteiger partial charge in [-0.25, -0.2) is 13.4 Å². The van der Waals surface area contributed by atoms with Crippen LogP contribution in [0.15, 0.2) is 72.1 Å². The molecule has 0 spiro atoms. The van der Waals surface area contributed by atoms with E-state index in [0.29, 0.717) is 5.69 Å². The number of imidazole rings is 1. The minimum atomic E-state index is -3.57. The van der Waals surface area contributed by atoms with Crippen LogP contribution in [0.3, 0.4) is 0 Å². The number of hydrogen-bond acceptors (Lipinski definition) is 3. The third-order valence-electron chi connectivity index (χ3n) is 3.25. The lowest BCUT2D eigenvalue weighted by molar-refractivity contribution is 0.601. The largest absolute Gasteiger partial charge is 0.306 e. The Balaban J connectivity index is 1.82. The summed E-state index contributed by atoms with van der Waals surface area (Å²) in [6, 6.07) is 13.8. The van der Waals surface area contributed by atoms with Crippen molar-refractivity contribution in [1.82, 2.24) is 9.55 Å². The number of aromatic nitrogens is 2. The van der Waals surface area contributed by atoms with Crippen LogP contribution in [0, 0.1) is 6.92 Å². The molecule has 0 saturated heterocycles. The predicted octanol–water partition coefficient (Wildman–Crippen LogP) is 2.98. The number of benzene rings is 2. The van der Waals surface area contributed by atoms with E-state index in [2.05, 4.69) is 9.71 Å². The summed E-state index contributed by atoms with van der Waals surface area (Å²) in [4.78, 5) is 4.23. The first-order valence-corrected chi connectivity index (χ1v) is 8.21. The van der Waals surface area contributed by atoms with Crippen LogP contribution in [0.1, 0.15) is 5.56 Å². The van der Waals surface area contributed by atoms with E-state index in [-0.39, 0.29) is 4.90 Å². The Labute approximate surface area is 129 Å². The van der Waals surface area contributed by atoms with E-state index >= 15 is 0 Å². The van der Waals surface area contributed by atoms with E-state index < -0.39 is 10.0 Å². The molecule has 22 heavy (non-hydrogen) atoms. The molecule has 0 aliphatic rings. The molecule has 0 fully saturated rings. The molecule has 1 heterocycles.